The van der Waals surface area contributed by atoms with E-state index in [4.69, 9.17) is 12.3 Å². The molecule has 0 fully saturated rings. The van der Waals surface area contributed by atoms with E-state index < -0.39 is 5.91 Å². The van der Waals surface area contributed by atoms with E-state index in [1.807, 2.05) is 0 Å². The Bertz CT molecular complexity index is 794. The maximum absolute atomic E-state index is 13.2. The van der Waals surface area contributed by atoms with Crippen LogP contribution < -0.4 is 11.1 Å². The van der Waals surface area contributed by atoms with Crippen LogP contribution in [0.4, 0.5) is 8.78 Å². The van der Waals surface area contributed by atoms with Gasteiger partial charge in [0.1, 0.15) is 11.6 Å². The molecule has 2 rings (SSSR count). The third kappa shape index (κ3) is 8.52. The van der Waals surface area contributed by atoms with Crippen LogP contribution in [0, 0.1) is 18.2 Å². The molecule has 26 heavy (non-hydrogen) atoms. The van der Waals surface area contributed by atoms with Gasteiger partial charge in [-0.2, -0.15) is 0 Å². The highest BCUT2D eigenvalue weighted by Crippen LogP contribution is 2.16. The summed E-state index contributed by atoms with van der Waals surface area (Å²) in [4.78, 5) is 13.5. The van der Waals surface area contributed by atoms with E-state index in [-0.39, 0.29) is 24.7 Å². The Kier molecular flexibility index (Phi) is 10.0. The van der Waals surface area contributed by atoms with Crippen LogP contribution in [0.2, 0.25) is 0 Å². The molecule has 2 aromatic carbocycles. The van der Waals surface area contributed by atoms with Crippen LogP contribution in [0.5, 0.6) is 0 Å². The first-order chi connectivity index (χ1) is 12.3. The number of carbonyl (C=O) groups is 1. The van der Waals surface area contributed by atoms with Crippen LogP contribution in [0.1, 0.15) is 11.1 Å². The molecule has 0 saturated carbocycles. The van der Waals surface area contributed by atoms with Gasteiger partial charge in [0.05, 0.1) is 12.1 Å². The molecule has 0 heterocycles. The van der Waals surface area contributed by atoms with Gasteiger partial charge < -0.3 is 15.9 Å². The van der Waals surface area contributed by atoms with Gasteiger partial charge in [-0.15, -0.1) is 0 Å². The smallest absolute Gasteiger partial charge is 0.242 e. The Labute approximate surface area is 167 Å². The number of primary amides is 1. The SMILES string of the molecule is NC(=O)CNCCc1cc(Br)ccc1F.[C-]#[N+]Cc1cc(Br)ccc1F. The molecule has 0 radical (unpaired) electrons. The molecule has 3 N–H and O–H groups in total. The van der Waals surface area contributed by atoms with Gasteiger partial charge in [0.2, 0.25) is 12.5 Å². The van der Waals surface area contributed by atoms with Gasteiger partial charge in [0.15, 0.2) is 0 Å². The maximum atomic E-state index is 13.2. The van der Waals surface area contributed by atoms with Crippen LogP contribution in [-0.4, -0.2) is 19.0 Å². The fourth-order valence-electron chi connectivity index (χ4n) is 1.92. The van der Waals surface area contributed by atoms with E-state index in [2.05, 4.69) is 42.0 Å². The van der Waals surface area contributed by atoms with Gasteiger partial charge >= 0.3 is 0 Å². The van der Waals surface area contributed by atoms with Gasteiger partial charge in [-0.1, -0.05) is 31.9 Å². The van der Waals surface area contributed by atoms with Gasteiger partial charge in [-0.05, 0) is 54.9 Å². The van der Waals surface area contributed by atoms with Crippen molar-refractivity contribution in [3.8, 4) is 0 Å². The molecule has 0 spiro atoms. The van der Waals surface area contributed by atoms with E-state index >= 15 is 0 Å². The fraction of sp³-hybridized carbons (Fsp3) is 0.222. The lowest BCUT2D eigenvalue weighted by molar-refractivity contribution is -0.117. The fourth-order valence-corrected chi connectivity index (χ4v) is 2.74. The van der Waals surface area contributed by atoms with Crippen LogP contribution in [0.25, 0.3) is 4.85 Å². The largest absolute Gasteiger partial charge is 0.369 e. The van der Waals surface area contributed by atoms with Gasteiger partial charge in [0.25, 0.3) is 0 Å². The lowest BCUT2D eigenvalue weighted by atomic mass is 10.1. The van der Waals surface area contributed by atoms with Crippen molar-refractivity contribution in [1.29, 1.82) is 0 Å². The third-order valence-corrected chi connectivity index (χ3v) is 4.12. The Balaban J connectivity index is 0.000000273. The summed E-state index contributed by atoms with van der Waals surface area (Å²) in [5.74, 6) is -0.965. The first kappa shape index (κ1) is 22.2. The first-order valence-corrected chi connectivity index (χ1v) is 9.12. The predicted octanol–water partition coefficient (Wildman–Crippen LogP) is 4.21. The highest BCUT2D eigenvalue weighted by molar-refractivity contribution is 9.10. The Morgan fingerprint density at radius 3 is 2.15 bits per heavy atom. The molecule has 0 saturated heterocycles. The molecule has 0 unspecified atom stereocenters. The van der Waals surface area contributed by atoms with Gasteiger partial charge in [-0.3, -0.25) is 4.79 Å². The predicted molar refractivity (Wildman–Crippen MR) is 104 cm³/mol. The van der Waals surface area contributed by atoms with Crippen LogP contribution in [0.15, 0.2) is 45.3 Å². The monoisotopic (exact) mass is 487 g/mol. The molecular formula is C18H17Br2F2N3O. The number of carbonyl (C=O) groups excluding carboxylic acids is 1. The summed E-state index contributed by atoms with van der Waals surface area (Å²) in [6.07, 6.45) is 0.526. The van der Waals surface area contributed by atoms with Crippen molar-refractivity contribution in [2.24, 2.45) is 5.73 Å². The summed E-state index contributed by atoms with van der Waals surface area (Å²) in [5.41, 5.74) is 5.99. The summed E-state index contributed by atoms with van der Waals surface area (Å²) in [7, 11) is 0. The average molecular weight is 489 g/mol. The summed E-state index contributed by atoms with van der Waals surface area (Å²) < 4.78 is 27.7. The third-order valence-electron chi connectivity index (χ3n) is 3.14. The number of nitrogens with one attached hydrogen (secondary N) is 1. The number of rotatable bonds is 6. The number of hydrogen-bond acceptors (Lipinski definition) is 2. The standard InChI is InChI=1S/C10H12BrFN2O.C8H5BrFN/c11-8-1-2-9(12)7(5-8)3-4-14-6-10(13)15;1-11-5-6-4-7(9)2-3-8(6)10/h1-2,5,14H,3-4,6H2,(H2,13,15);2-4H,5H2. The number of amides is 1. The second kappa shape index (κ2) is 11.7. The number of hydrogen-bond donors (Lipinski definition) is 2. The zero-order valence-corrected chi connectivity index (χ0v) is 16.9. The minimum Gasteiger partial charge on any atom is -0.369 e. The highest BCUT2D eigenvalue weighted by atomic mass is 79.9. The highest BCUT2D eigenvalue weighted by Gasteiger charge is 2.04. The maximum Gasteiger partial charge on any atom is 0.242 e. The van der Waals surface area contributed by atoms with E-state index in [9.17, 15) is 13.6 Å². The lowest BCUT2D eigenvalue weighted by Crippen LogP contribution is -2.30. The number of benzene rings is 2. The van der Waals surface area contributed by atoms with Crippen LogP contribution in [0.3, 0.4) is 0 Å². The Morgan fingerprint density at radius 2 is 1.62 bits per heavy atom. The normalized spacial score (nSPS) is 9.81. The van der Waals surface area contributed by atoms with Crippen molar-refractivity contribution >= 4 is 37.8 Å². The van der Waals surface area contributed by atoms with Gasteiger partial charge in [0, 0.05) is 8.95 Å². The van der Waals surface area contributed by atoms with Crippen molar-refractivity contribution in [2.75, 3.05) is 13.1 Å². The van der Waals surface area contributed by atoms with Crippen molar-refractivity contribution in [3.05, 3.63) is 79.5 Å². The van der Waals surface area contributed by atoms with E-state index in [0.717, 1.165) is 8.95 Å². The molecule has 2 aromatic rings. The molecule has 0 bridgehead atoms. The molecule has 0 atom stereocenters. The average Bonchev–Trinajstić information content (AvgIpc) is 2.58. The summed E-state index contributed by atoms with van der Waals surface area (Å²) in [6.45, 7) is 7.30. The molecule has 1 amide bonds. The lowest BCUT2D eigenvalue weighted by Gasteiger charge is -2.04. The Hall–Kier alpha value is -1.82. The van der Waals surface area contributed by atoms with Crippen molar-refractivity contribution in [1.82, 2.24) is 5.32 Å². The quantitative estimate of drug-likeness (QED) is 0.472. The molecule has 0 aliphatic carbocycles. The number of nitrogens with two attached hydrogens (primary N) is 1. The van der Waals surface area contributed by atoms with Crippen molar-refractivity contribution < 1.29 is 13.6 Å². The van der Waals surface area contributed by atoms with Crippen LogP contribution in [-0.2, 0) is 17.8 Å². The molecule has 138 valence electrons. The zero-order valence-electron chi connectivity index (χ0n) is 13.7. The number of halogens is 4. The molecule has 0 aliphatic heterocycles. The zero-order chi connectivity index (χ0) is 19.5. The minimum absolute atomic E-state index is 0.102. The molecule has 4 nitrogen and oxygen atoms in total. The molecule has 8 heteroatoms. The van der Waals surface area contributed by atoms with Crippen LogP contribution >= 0.6 is 31.9 Å². The van der Waals surface area contributed by atoms with Gasteiger partial charge in [-0.25, -0.2) is 15.4 Å². The van der Waals surface area contributed by atoms with Crippen molar-refractivity contribution in [2.45, 2.75) is 13.0 Å². The van der Waals surface area contributed by atoms with E-state index in [1.165, 1.54) is 12.1 Å². The van der Waals surface area contributed by atoms with E-state index in [1.54, 1.807) is 24.3 Å². The minimum atomic E-state index is -0.412. The number of nitrogens with zero attached hydrogens (tertiary/aromatic N) is 1. The first-order valence-electron chi connectivity index (χ1n) is 7.53. The topological polar surface area (TPSA) is 59.5 Å². The van der Waals surface area contributed by atoms with E-state index in [0.29, 0.717) is 24.1 Å². The molecular weight excluding hydrogens is 472 g/mol. The Morgan fingerprint density at radius 1 is 1.08 bits per heavy atom. The summed E-state index contributed by atoms with van der Waals surface area (Å²) in [6, 6.07) is 9.37. The molecule has 0 aliphatic rings. The summed E-state index contributed by atoms with van der Waals surface area (Å²) in [5, 5.41) is 2.82. The second-order valence-corrected chi connectivity index (χ2v) is 7.01. The molecule has 0 aromatic heterocycles. The summed E-state index contributed by atoms with van der Waals surface area (Å²) >= 11 is 6.46. The second-order valence-electron chi connectivity index (χ2n) is 5.18. The van der Waals surface area contributed by atoms with Crippen molar-refractivity contribution in [3.63, 3.8) is 0 Å².